The second-order valence-electron chi connectivity index (χ2n) is 4.77. The zero-order valence-electron chi connectivity index (χ0n) is 12.5. The molecule has 2 aromatic carbocycles. The molecule has 0 saturated heterocycles. The molecule has 5 heteroatoms. The zero-order chi connectivity index (χ0) is 15.9. The summed E-state index contributed by atoms with van der Waals surface area (Å²) in [5.41, 5.74) is 7.27. The number of nitrogens with one attached hydrogen (secondary N) is 1. The van der Waals surface area contributed by atoms with Crippen LogP contribution in [0.3, 0.4) is 0 Å². The average Bonchev–Trinajstić information content (AvgIpc) is 2.55. The molecular weight excluding hydrogens is 278 g/mol. The number of rotatable bonds is 6. The SMILES string of the molecule is CCN(C(=O)CNc1ccc(C(N)=O)cc1)c1ccccc1. The lowest BCUT2D eigenvalue weighted by molar-refractivity contribution is -0.116. The third-order valence-corrected chi connectivity index (χ3v) is 3.30. The fourth-order valence-corrected chi connectivity index (χ4v) is 2.14. The normalized spacial score (nSPS) is 10.0. The van der Waals surface area contributed by atoms with Gasteiger partial charge in [-0.3, -0.25) is 9.59 Å². The Morgan fingerprint density at radius 1 is 1.05 bits per heavy atom. The van der Waals surface area contributed by atoms with Crippen molar-refractivity contribution in [1.29, 1.82) is 0 Å². The Hall–Kier alpha value is -2.82. The van der Waals surface area contributed by atoms with Gasteiger partial charge in [0.1, 0.15) is 0 Å². The Labute approximate surface area is 129 Å². The van der Waals surface area contributed by atoms with Crippen molar-refractivity contribution in [2.24, 2.45) is 5.73 Å². The Balaban J connectivity index is 1.98. The summed E-state index contributed by atoms with van der Waals surface area (Å²) >= 11 is 0. The van der Waals surface area contributed by atoms with Gasteiger partial charge in [-0.2, -0.15) is 0 Å². The number of hydrogen-bond donors (Lipinski definition) is 2. The van der Waals surface area contributed by atoms with E-state index in [1.165, 1.54) is 0 Å². The minimum atomic E-state index is -0.469. The predicted octanol–water partition coefficient (Wildman–Crippen LogP) is 2.25. The molecule has 22 heavy (non-hydrogen) atoms. The Morgan fingerprint density at radius 3 is 2.23 bits per heavy atom. The predicted molar refractivity (Wildman–Crippen MR) is 87.9 cm³/mol. The quantitative estimate of drug-likeness (QED) is 0.858. The van der Waals surface area contributed by atoms with E-state index in [4.69, 9.17) is 5.73 Å². The summed E-state index contributed by atoms with van der Waals surface area (Å²) in [6.45, 7) is 2.72. The summed E-state index contributed by atoms with van der Waals surface area (Å²) in [6.07, 6.45) is 0. The first-order valence-electron chi connectivity index (χ1n) is 7.11. The number of carbonyl (C=O) groups excluding carboxylic acids is 2. The molecular formula is C17H19N3O2. The van der Waals surface area contributed by atoms with Crippen LogP contribution < -0.4 is 16.0 Å². The zero-order valence-corrected chi connectivity index (χ0v) is 12.5. The van der Waals surface area contributed by atoms with Gasteiger partial charge in [0.2, 0.25) is 11.8 Å². The van der Waals surface area contributed by atoms with E-state index in [1.807, 2.05) is 37.3 Å². The van der Waals surface area contributed by atoms with E-state index < -0.39 is 5.91 Å². The van der Waals surface area contributed by atoms with Gasteiger partial charge in [0.25, 0.3) is 0 Å². The lowest BCUT2D eigenvalue weighted by Crippen LogP contribution is -2.35. The van der Waals surface area contributed by atoms with Gasteiger partial charge in [-0.05, 0) is 43.3 Å². The van der Waals surface area contributed by atoms with Gasteiger partial charge in [-0.1, -0.05) is 18.2 Å². The van der Waals surface area contributed by atoms with E-state index in [2.05, 4.69) is 5.32 Å². The number of anilines is 2. The molecule has 5 nitrogen and oxygen atoms in total. The number of primary amides is 1. The summed E-state index contributed by atoms with van der Waals surface area (Å²) in [5.74, 6) is -0.489. The molecule has 0 heterocycles. The van der Waals surface area contributed by atoms with E-state index in [9.17, 15) is 9.59 Å². The van der Waals surface area contributed by atoms with Crippen LogP contribution in [0.1, 0.15) is 17.3 Å². The van der Waals surface area contributed by atoms with Crippen LogP contribution in [0.4, 0.5) is 11.4 Å². The van der Waals surface area contributed by atoms with Crippen LogP contribution >= 0.6 is 0 Å². The molecule has 0 aromatic heterocycles. The van der Waals surface area contributed by atoms with E-state index in [1.54, 1.807) is 29.2 Å². The highest BCUT2D eigenvalue weighted by Crippen LogP contribution is 2.14. The molecule has 0 saturated carbocycles. The smallest absolute Gasteiger partial charge is 0.248 e. The second kappa shape index (κ2) is 7.26. The Bertz CT molecular complexity index is 639. The van der Waals surface area contributed by atoms with Crippen LogP contribution in [0.25, 0.3) is 0 Å². The van der Waals surface area contributed by atoms with Crippen molar-refractivity contribution in [2.45, 2.75) is 6.92 Å². The van der Waals surface area contributed by atoms with Gasteiger partial charge in [-0.15, -0.1) is 0 Å². The highest BCUT2D eigenvalue weighted by Gasteiger charge is 2.13. The van der Waals surface area contributed by atoms with Crippen molar-refractivity contribution in [3.8, 4) is 0 Å². The van der Waals surface area contributed by atoms with Gasteiger partial charge in [0, 0.05) is 23.5 Å². The van der Waals surface area contributed by atoms with E-state index in [0.29, 0.717) is 12.1 Å². The molecule has 2 aromatic rings. The molecule has 0 unspecified atom stereocenters. The van der Waals surface area contributed by atoms with Crippen molar-refractivity contribution in [1.82, 2.24) is 0 Å². The van der Waals surface area contributed by atoms with Crippen LogP contribution in [0, 0.1) is 0 Å². The van der Waals surface area contributed by atoms with Gasteiger partial charge in [0.15, 0.2) is 0 Å². The summed E-state index contributed by atoms with van der Waals surface area (Å²) in [4.78, 5) is 25.0. The molecule has 0 spiro atoms. The van der Waals surface area contributed by atoms with E-state index >= 15 is 0 Å². The largest absolute Gasteiger partial charge is 0.376 e. The fraction of sp³-hybridized carbons (Fsp3) is 0.176. The number of benzene rings is 2. The number of para-hydroxylation sites is 1. The molecule has 2 amide bonds. The summed E-state index contributed by atoms with van der Waals surface area (Å²) in [6, 6.07) is 16.3. The monoisotopic (exact) mass is 297 g/mol. The highest BCUT2D eigenvalue weighted by atomic mass is 16.2. The van der Waals surface area contributed by atoms with E-state index in [-0.39, 0.29) is 12.5 Å². The van der Waals surface area contributed by atoms with Crippen molar-refractivity contribution in [3.05, 3.63) is 60.2 Å². The minimum Gasteiger partial charge on any atom is -0.376 e. The van der Waals surface area contributed by atoms with Crippen LogP contribution in [0.15, 0.2) is 54.6 Å². The molecule has 114 valence electrons. The van der Waals surface area contributed by atoms with Crippen molar-refractivity contribution in [3.63, 3.8) is 0 Å². The maximum atomic E-state index is 12.3. The molecule has 3 N–H and O–H groups in total. The molecule has 0 aliphatic heterocycles. The molecule has 0 aliphatic carbocycles. The molecule has 2 rings (SSSR count). The van der Waals surface area contributed by atoms with Crippen LogP contribution in [-0.4, -0.2) is 24.9 Å². The topological polar surface area (TPSA) is 75.4 Å². The van der Waals surface area contributed by atoms with Crippen LogP contribution in [0.5, 0.6) is 0 Å². The Kier molecular flexibility index (Phi) is 5.14. The van der Waals surface area contributed by atoms with Gasteiger partial charge >= 0.3 is 0 Å². The van der Waals surface area contributed by atoms with E-state index in [0.717, 1.165) is 11.4 Å². The first kappa shape index (κ1) is 15.6. The first-order chi connectivity index (χ1) is 10.6. The number of nitrogens with zero attached hydrogens (tertiary/aromatic N) is 1. The first-order valence-corrected chi connectivity index (χ1v) is 7.11. The lowest BCUT2D eigenvalue weighted by Gasteiger charge is -2.21. The maximum absolute atomic E-state index is 12.3. The number of hydrogen-bond acceptors (Lipinski definition) is 3. The second-order valence-corrected chi connectivity index (χ2v) is 4.77. The highest BCUT2D eigenvalue weighted by molar-refractivity contribution is 5.96. The molecule has 0 radical (unpaired) electrons. The van der Waals surface area contributed by atoms with Crippen molar-refractivity contribution in [2.75, 3.05) is 23.3 Å². The third kappa shape index (κ3) is 3.85. The molecule has 0 aliphatic rings. The standard InChI is InChI=1S/C17H19N3O2/c1-2-20(15-6-4-3-5-7-15)16(21)12-19-14-10-8-13(9-11-14)17(18)22/h3-11,19H,2,12H2,1H3,(H2,18,22). The minimum absolute atomic E-state index is 0.0207. The van der Waals surface area contributed by atoms with Gasteiger partial charge in [-0.25, -0.2) is 0 Å². The summed E-state index contributed by atoms with van der Waals surface area (Å²) in [5, 5.41) is 3.05. The average molecular weight is 297 g/mol. The molecule has 0 atom stereocenters. The van der Waals surface area contributed by atoms with Crippen molar-refractivity contribution < 1.29 is 9.59 Å². The van der Waals surface area contributed by atoms with Gasteiger partial charge in [0.05, 0.1) is 6.54 Å². The number of nitrogens with two attached hydrogens (primary N) is 1. The molecule has 0 fully saturated rings. The lowest BCUT2D eigenvalue weighted by atomic mass is 10.2. The van der Waals surface area contributed by atoms with Crippen LogP contribution in [-0.2, 0) is 4.79 Å². The Morgan fingerprint density at radius 2 is 1.68 bits per heavy atom. The summed E-state index contributed by atoms with van der Waals surface area (Å²) in [7, 11) is 0. The van der Waals surface area contributed by atoms with Crippen molar-refractivity contribution >= 4 is 23.2 Å². The number of amides is 2. The van der Waals surface area contributed by atoms with Crippen LogP contribution in [0.2, 0.25) is 0 Å². The third-order valence-electron chi connectivity index (χ3n) is 3.30. The van der Waals surface area contributed by atoms with Gasteiger partial charge < -0.3 is 16.0 Å². The number of carbonyl (C=O) groups is 2. The maximum Gasteiger partial charge on any atom is 0.248 e. The number of likely N-dealkylation sites (N-methyl/N-ethyl adjacent to an activating group) is 1. The molecule has 0 bridgehead atoms. The fourth-order valence-electron chi connectivity index (χ4n) is 2.14. The summed E-state index contributed by atoms with van der Waals surface area (Å²) < 4.78 is 0.